The zero-order valence-corrected chi connectivity index (χ0v) is 8.84. The number of carboxylic acids is 2. The van der Waals surface area contributed by atoms with Gasteiger partial charge in [-0.15, -0.1) is 0 Å². The number of carbonyl (C=O) groups is 2. The highest BCUT2D eigenvalue weighted by Gasteiger charge is 2.10. The molecule has 0 spiro atoms. The number of hydrogen-bond donors (Lipinski definition) is 2. The summed E-state index contributed by atoms with van der Waals surface area (Å²) in [6.07, 6.45) is 0.297. The standard InChI is InChI=1S/C10H13NO5/c1-11(6-10(14)15)8-4-2-7(16-8)3-5-9(12)13/h2,4H,3,5-6H2,1H3,(H,12,13)(H,14,15). The normalized spacial score (nSPS) is 10.1. The Morgan fingerprint density at radius 3 is 2.56 bits per heavy atom. The molecule has 0 aliphatic heterocycles. The van der Waals surface area contributed by atoms with Crippen LogP contribution in [0.4, 0.5) is 5.88 Å². The molecule has 0 unspecified atom stereocenters. The predicted molar refractivity (Wildman–Crippen MR) is 55.6 cm³/mol. The van der Waals surface area contributed by atoms with E-state index in [1.54, 1.807) is 19.2 Å². The van der Waals surface area contributed by atoms with Crippen molar-refractivity contribution in [3.63, 3.8) is 0 Å². The molecule has 0 saturated carbocycles. The minimum absolute atomic E-state index is 0.00437. The number of rotatable bonds is 6. The molecule has 0 aromatic carbocycles. The molecule has 6 nitrogen and oxygen atoms in total. The van der Waals surface area contributed by atoms with Gasteiger partial charge in [0.05, 0.1) is 6.42 Å². The van der Waals surface area contributed by atoms with Gasteiger partial charge in [-0.1, -0.05) is 0 Å². The average molecular weight is 227 g/mol. The van der Waals surface area contributed by atoms with Crippen molar-refractivity contribution in [2.24, 2.45) is 0 Å². The van der Waals surface area contributed by atoms with Gasteiger partial charge in [-0.25, -0.2) is 0 Å². The van der Waals surface area contributed by atoms with Gasteiger partial charge in [0.15, 0.2) is 5.88 Å². The number of aliphatic carboxylic acids is 2. The van der Waals surface area contributed by atoms with Crippen LogP contribution in [0.2, 0.25) is 0 Å². The molecule has 1 aromatic heterocycles. The summed E-state index contributed by atoms with van der Waals surface area (Å²) in [7, 11) is 1.59. The van der Waals surface area contributed by atoms with Crippen LogP contribution < -0.4 is 4.90 Å². The van der Waals surface area contributed by atoms with Crippen LogP contribution in [-0.2, 0) is 16.0 Å². The van der Waals surface area contributed by atoms with E-state index in [1.165, 1.54) is 4.90 Å². The van der Waals surface area contributed by atoms with Crippen molar-refractivity contribution in [2.45, 2.75) is 12.8 Å². The second kappa shape index (κ2) is 5.20. The van der Waals surface area contributed by atoms with E-state index < -0.39 is 11.9 Å². The van der Waals surface area contributed by atoms with Gasteiger partial charge in [-0.05, 0) is 6.07 Å². The van der Waals surface area contributed by atoms with Gasteiger partial charge in [0.25, 0.3) is 0 Å². The van der Waals surface area contributed by atoms with E-state index in [0.29, 0.717) is 18.1 Å². The molecule has 2 N–H and O–H groups in total. The molecule has 0 radical (unpaired) electrons. The van der Waals surface area contributed by atoms with Gasteiger partial charge in [-0.3, -0.25) is 9.59 Å². The molecular formula is C10H13NO5. The first-order chi connectivity index (χ1) is 7.49. The molecule has 0 aliphatic rings. The quantitative estimate of drug-likeness (QED) is 0.747. The van der Waals surface area contributed by atoms with Crippen LogP contribution in [0.1, 0.15) is 12.2 Å². The maximum Gasteiger partial charge on any atom is 0.323 e. The van der Waals surface area contributed by atoms with Crippen molar-refractivity contribution in [3.8, 4) is 0 Å². The number of likely N-dealkylation sites (N-methyl/N-ethyl adjacent to an activating group) is 1. The lowest BCUT2D eigenvalue weighted by atomic mass is 10.2. The summed E-state index contributed by atoms with van der Waals surface area (Å²) in [6.45, 7) is -0.161. The molecule has 1 heterocycles. The van der Waals surface area contributed by atoms with Crippen molar-refractivity contribution < 1.29 is 24.2 Å². The monoisotopic (exact) mass is 227 g/mol. The number of nitrogens with zero attached hydrogens (tertiary/aromatic N) is 1. The lowest BCUT2D eigenvalue weighted by molar-refractivity contribution is -0.137. The van der Waals surface area contributed by atoms with E-state index in [-0.39, 0.29) is 13.0 Å². The largest absolute Gasteiger partial charge is 0.481 e. The van der Waals surface area contributed by atoms with Crippen molar-refractivity contribution in [1.29, 1.82) is 0 Å². The van der Waals surface area contributed by atoms with Crippen LogP contribution in [0, 0.1) is 0 Å². The predicted octanol–water partition coefficient (Wildman–Crippen LogP) is 0.818. The van der Waals surface area contributed by atoms with Gasteiger partial charge >= 0.3 is 11.9 Å². The van der Waals surface area contributed by atoms with Crippen molar-refractivity contribution in [1.82, 2.24) is 0 Å². The lowest BCUT2D eigenvalue weighted by Gasteiger charge is -2.12. The number of anilines is 1. The van der Waals surface area contributed by atoms with Gasteiger partial charge < -0.3 is 19.5 Å². The summed E-state index contributed by atoms with van der Waals surface area (Å²) in [5.74, 6) is -0.889. The lowest BCUT2D eigenvalue weighted by Crippen LogP contribution is -2.24. The Kier molecular flexibility index (Phi) is 3.93. The fourth-order valence-corrected chi connectivity index (χ4v) is 1.22. The number of carboxylic acid groups (broad SMARTS) is 2. The average Bonchev–Trinajstić information content (AvgIpc) is 2.61. The van der Waals surface area contributed by atoms with E-state index in [4.69, 9.17) is 14.6 Å². The molecule has 0 aliphatic carbocycles. The van der Waals surface area contributed by atoms with Crippen molar-refractivity contribution in [3.05, 3.63) is 17.9 Å². The second-order valence-corrected chi connectivity index (χ2v) is 3.38. The second-order valence-electron chi connectivity index (χ2n) is 3.38. The Balaban J connectivity index is 2.56. The first kappa shape index (κ1) is 12.1. The zero-order chi connectivity index (χ0) is 12.1. The molecule has 1 aromatic rings. The number of hydrogen-bond acceptors (Lipinski definition) is 4. The highest BCUT2D eigenvalue weighted by atomic mass is 16.4. The van der Waals surface area contributed by atoms with Crippen LogP contribution in [-0.4, -0.2) is 35.7 Å². The Labute approximate surface area is 92.1 Å². The van der Waals surface area contributed by atoms with Crippen molar-refractivity contribution in [2.75, 3.05) is 18.5 Å². The molecule has 88 valence electrons. The van der Waals surface area contributed by atoms with Crippen LogP contribution in [0.15, 0.2) is 16.5 Å². The van der Waals surface area contributed by atoms with Gasteiger partial charge in [0.2, 0.25) is 0 Å². The molecule has 1 rings (SSSR count). The molecule has 0 atom stereocenters. The summed E-state index contributed by atoms with van der Waals surface area (Å²) in [4.78, 5) is 22.2. The van der Waals surface area contributed by atoms with E-state index >= 15 is 0 Å². The Hall–Kier alpha value is -1.98. The molecular weight excluding hydrogens is 214 g/mol. The highest BCUT2D eigenvalue weighted by Crippen LogP contribution is 2.18. The summed E-state index contributed by atoms with van der Waals surface area (Å²) in [6, 6.07) is 3.27. The zero-order valence-electron chi connectivity index (χ0n) is 8.84. The Bertz CT molecular complexity index is 384. The first-order valence-corrected chi connectivity index (χ1v) is 4.72. The molecule has 6 heteroatoms. The molecule has 0 saturated heterocycles. The Morgan fingerprint density at radius 1 is 1.31 bits per heavy atom. The van der Waals surface area contributed by atoms with E-state index in [1.807, 2.05) is 0 Å². The number of furan rings is 1. The van der Waals surface area contributed by atoms with E-state index in [9.17, 15) is 9.59 Å². The van der Waals surface area contributed by atoms with Crippen LogP contribution in [0.3, 0.4) is 0 Å². The van der Waals surface area contributed by atoms with E-state index in [2.05, 4.69) is 0 Å². The molecule has 0 bridgehead atoms. The topological polar surface area (TPSA) is 91.0 Å². The summed E-state index contributed by atoms with van der Waals surface area (Å²) < 4.78 is 5.30. The van der Waals surface area contributed by atoms with Crippen LogP contribution in [0.5, 0.6) is 0 Å². The molecule has 16 heavy (non-hydrogen) atoms. The smallest absolute Gasteiger partial charge is 0.323 e. The van der Waals surface area contributed by atoms with E-state index in [0.717, 1.165) is 0 Å². The summed E-state index contributed by atoms with van der Waals surface area (Å²) in [5, 5.41) is 17.0. The molecule has 0 amide bonds. The van der Waals surface area contributed by atoms with Crippen molar-refractivity contribution >= 4 is 17.8 Å². The van der Waals surface area contributed by atoms with Crippen LogP contribution >= 0.6 is 0 Å². The van der Waals surface area contributed by atoms with Gasteiger partial charge in [0.1, 0.15) is 12.3 Å². The fraction of sp³-hybridized carbons (Fsp3) is 0.400. The fourth-order valence-electron chi connectivity index (χ4n) is 1.22. The third-order valence-electron chi connectivity index (χ3n) is 1.98. The molecule has 0 fully saturated rings. The summed E-state index contributed by atoms with van der Waals surface area (Å²) in [5.41, 5.74) is 0. The minimum Gasteiger partial charge on any atom is -0.481 e. The maximum atomic E-state index is 10.4. The third kappa shape index (κ3) is 3.64. The maximum absolute atomic E-state index is 10.4. The first-order valence-electron chi connectivity index (χ1n) is 4.72. The number of aryl methyl sites for hydroxylation is 1. The minimum atomic E-state index is -0.953. The summed E-state index contributed by atoms with van der Waals surface area (Å²) >= 11 is 0. The highest BCUT2D eigenvalue weighted by molar-refractivity contribution is 5.72. The Morgan fingerprint density at radius 2 is 2.00 bits per heavy atom. The third-order valence-corrected chi connectivity index (χ3v) is 1.98. The van der Waals surface area contributed by atoms with Crippen LogP contribution in [0.25, 0.3) is 0 Å². The SMILES string of the molecule is CN(CC(=O)O)c1ccc(CCC(=O)O)o1. The van der Waals surface area contributed by atoms with Gasteiger partial charge in [-0.2, -0.15) is 0 Å². The van der Waals surface area contributed by atoms with Gasteiger partial charge in [0, 0.05) is 19.5 Å².